The molecule has 0 amide bonds. The second-order valence-corrected chi connectivity index (χ2v) is 6.29. The highest BCUT2D eigenvalue weighted by molar-refractivity contribution is 5.91. The molecule has 0 N–H and O–H groups in total. The van der Waals surface area contributed by atoms with E-state index < -0.39 is 40.1 Å². The summed E-state index contributed by atoms with van der Waals surface area (Å²) >= 11 is 0. The summed E-state index contributed by atoms with van der Waals surface area (Å²) in [5.41, 5.74) is -0.867. The van der Waals surface area contributed by atoms with Gasteiger partial charge >= 0.3 is 0 Å². The van der Waals surface area contributed by atoms with Crippen LogP contribution in [0.2, 0.25) is 0 Å². The minimum absolute atomic E-state index is 0.0685. The summed E-state index contributed by atoms with van der Waals surface area (Å²) in [4.78, 5) is 0. The van der Waals surface area contributed by atoms with Crippen molar-refractivity contribution >= 4 is 22.4 Å². The van der Waals surface area contributed by atoms with Crippen molar-refractivity contribution in [1.82, 2.24) is 0 Å². The maximum Gasteiger partial charge on any atom is 0.169 e. The third-order valence-corrected chi connectivity index (χ3v) is 4.48. The van der Waals surface area contributed by atoms with Gasteiger partial charge in [0.2, 0.25) is 0 Å². The number of rotatable bonds is 6. The van der Waals surface area contributed by atoms with Crippen LogP contribution >= 0.6 is 0 Å². The lowest BCUT2D eigenvalue weighted by Gasteiger charge is -2.10. The van der Waals surface area contributed by atoms with Crippen molar-refractivity contribution in [3.63, 3.8) is 0 Å². The average molecular weight is 404 g/mol. The zero-order chi connectivity index (χ0) is 21.1. The first-order valence-electron chi connectivity index (χ1n) is 8.87. The van der Waals surface area contributed by atoms with Crippen LogP contribution in [-0.2, 0) is 6.42 Å². The fourth-order valence-corrected chi connectivity index (χ4v) is 2.96. The molecule has 0 heterocycles. The second-order valence-electron chi connectivity index (χ2n) is 6.29. The Labute approximate surface area is 164 Å². The van der Waals surface area contributed by atoms with Crippen molar-refractivity contribution < 1.29 is 26.7 Å². The maximum atomic E-state index is 14.8. The van der Waals surface area contributed by atoms with Gasteiger partial charge < -0.3 is 4.74 Å². The smallest absolute Gasteiger partial charge is 0.169 e. The summed E-state index contributed by atoms with van der Waals surface area (Å²) in [6, 6.07) is 8.90. The lowest BCUT2D eigenvalue weighted by Crippen LogP contribution is -1.99. The molecule has 3 aromatic carbocycles. The van der Waals surface area contributed by atoms with Gasteiger partial charge in [-0.1, -0.05) is 25.6 Å². The molecule has 29 heavy (non-hydrogen) atoms. The predicted molar refractivity (Wildman–Crippen MR) is 104 cm³/mol. The molecular formula is C23H17F5O. The van der Waals surface area contributed by atoms with Crippen molar-refractivity contribution in [3.05, 3.63) is 89.3 Å². The Morgan fingerprint density at radius 2 is 1.62 bits per heavy atom. The largest absolute Gasteiger partial charge is 0.490 e. The molecule has 0 unspecified atom stereocenters. The van der Waals surface area contributed by atoms with E-state index in [1.807, 2.05) is 0 Å². The standard InChI is InChI=1S/C23H17F5O/c1-3-11-29-16-8-5-14(6-9-16)20(25)22(27)17-10-7-15-12-13(4-2)19(24)23(28)18(15)21(17)26/h3,5-10,12H,1,4,11H2,2H3. The minimum Gasteiger partial charge on any atom is -0.490 e. The Morgan fingerprint density at radius 3 is 2.24 bits per heavy atom. The van der Waals surface area contributed by atoms with Crippen molar-refractivity contribution in [2.24, 2.45) is 0 Å². The van der Waals surface area contributed by atoms with Crippen molar-refractivity contribution in [2.45, 2.75) is 13.3 Å². The van der Waals surface area contributed by atoms with Crippen LogP contribution in [-0.4, -0.2) is 6.61 Å². The summed E-state index contributed by atoms with van der Waals surface area (Å²) in [6.07, 6.45) is 1.74. The van der Waals surface area contributed by atoms with Crippen molar-refractivity contribution in [2.75, 3.05) is 6.61 Å². The van der Waals surface area contributed by atoms with Crippen LogP contribution in [0.4, 0.5) is 22.0 Å². The number of hydrogen-bond acceptors (Lipinski definition) is 1. The zero-order valence-corrected chi connectivity index (χ0v) is 15.5. The molecular weight excluding hydrogens is 387 g/mol. The molecule has 0 radical (unpaired) electrons. The van der Waals surface area contributed by atoms with E-state index in [9.17, 15) is 22.0 Å². The van der Waals surface area contributed by atoms with E-state index in [0.29, 0.717) is 5.75 Å². The van der Waals surface area contributed by atoms with Gasteiger partial charge in [-0.05, 0) is 53.8 Å². The first-order chi connectivity index (χ1) is 13.9. The highest BCUT2D eigenvalue weighted by Gasteiger charge is 2.22. The Bertz CT molecular complexity index is 1100. The molecule has 0 aliphatic heterocycles. The van der Waals surface area contributed by atoms with Crippen LogP contribution in [0.15, 0.2) is 55.1 Å². The first kappa shape index (κ1) is 20.6. The summed E-state index contributed by atoms with van der Waals surface area (Å²) in [5, 5.41) is -0.646. The zero-order valence-electron chi connectivity index (χ0n) is 15.5. The summed E-state index contributed by atoms with van der Waals surface area (Å²) < 4.78 is 77.7. The van der Waals surface area contributed by atoms with Crippen LogP contribution in [0, 0.1) is 17.5 Å². The second kappa shape index (κ2) is 8.47. The van der Waals surface area contributed by atoms with Gasteiger partial charge in [0.15, 0.2) is 23.3 Å². The SMILES string of the molecule is C=CCOc1ccc(C(F)=C(F)c2ccc3cc(CC)c(F)c(F)c3c2F)cc1. The van der Waals surface area contributed by atoms with Gasteiger partial charge in [0, 0.05) is 11.1 Å². The summed E-state index contributed by atoms with van der Waals surface area (Å²) in [6.45, 7) is 5.37. The molecule has 0 atom stereocenters. The van der Waals surface area contributed by atoms with Gasteiger partial charge in [0.05, 0.1) is 5.39 Å². The molecule has 150 valence electrons. The van der Waals surface area contributed by atoms with Gasteiger partial charge in [-0.15, -0.1) is 0 Å². The molecule has 0 fully saturated rings. The maximum absolute atomic E-state index is 14.8. The number of fused-ring (bicyclic) bond motifs is 1. The molecule has 0 aromatic heterocycles. The number of hydrogen-bond donors (Lipinski definition) is 0. The first-order valence-corrected chi connectivity index (χ1v) is 8.87. The van der Waals surface area contributed by atoms with Crippen LogP contribution in [0.5, 0.6) is 5.75 Å². The molecule has 0 aliphatic rings. The van der Waals surface area contributed by atoms with E-state index in [-0.39, 0.29) is 29.5 Å². The van der Waals surface area contributed by atoms with Crippen molar-refractivity contribution in [3.8, 4) is 5.75 Å². The average Bonchev–Trinajstić information content (AvgIpc) is 2.74. The van der Waals surface area contributed by atoms with E-state index in [0.717, 1.165) is 6.07 Å². The normalized spacial score (nSPS) is 12.1. The highest BCUT2D eigenvalue weighted by Crippen LogP contribution is 2.35. The molecule has 3 aromatic rings. The molecule has 0 aliphatic carbocycles. The van der Waals surface area contributed by atoms with E-state index in [4.69, 9.17) is 4.74 Å². The Kier molecular flexibility index (Phi) is 6.01. The molecule has 0 bridgehead atoms. The van der Waals surface area contributed by atoms with Crippen LogP contribution < -0.4 is 4.74 Å². The van der Waals surface area contributed by atoms with Gasteiger partial charge in [-0.25, -0.2) is 22.0 Å². The number of halogens is 5. The van der Waals surface area contributed by atoms with E-state index >= 15 is 0 Å². The predicted octanol–water partition coefficient (Wildman–Crippen LogP) is 7.15. The quantitative estimate of drug-likeness (QED) is 0.241. The Morgan fingerprint density at radius 1 is 0.931 bits per heavy atom. The Balaban J connectivity index is 2.08. The summed E-state index contributed by atoms with van der Waals surface area (Å²) in [5.74, 6) is -6.40. The lowest BCUT2D eigenvalue weighted by molar-refractivity contribution is 0.363. The minimum atomic E-state index is -1.51. The molecule has 3 rings (SSSR count). The van der Waals surface area contributed by atoms with Gasteiger partial charge in [0.25, 0.3) is 0 Å². The lowest BCUT2D eigenvalue weighted by atomic mass is 9.99. The third kappa shape index (κ3) is 3.88. The van der Waals surface area contributed by atoms with E-state index in [1.165, 1.54) is 42.5 Å². The fraction of sp³-hybridized carbons (Fsp3) is 0.130. The van der Waals surface area contributed by atoms with Crippen molar-refractivity contribution in [1.29, 1.82) is 0 Å². The fourth-order valence-electron chi connectivity index (χ4n) is 2.96. The number of aryl methyl sites for hydroxylation is 1. The topological polar surface area (TPSA) is 9.23 Å². The van der Waals surface area contributed by atoms with E-state index in [1.54, 1.807) is 6.92 Å². The monoisotopic (exact) mass is 404 g/mol. The highest BCUT2D eigenvalue weighted by atomic mass is 19.2. The molecule has 0 spiro atoms. The Hall–Kier alpha value is -3.15. The van der Waals surface area contributed by atoms with Gasteiger partial charge in [-0.3, -0.25) is 0 Å². The molecule has 0 saturated carbocycles. The summed E-state index contributed by atoms with van der Waals surface area (Å²) in [7, 11) is 0. The third-order valence-electron chi connectivity index (χ3n) is 4.48. The van der Waals surface area contributed by atoms with Crippen LogP contribution in [0.3, 0.4) is 0 Å². The van der Waals surface area contributed by atoms with Crippen LogP contribution in [0.25, 0.3) is 22.4 Å². The number of ether oxygens (including phenoxy) is 1. The van der Waals surface area contributed by atoms with Gasteiger partial charge in [-0.2, -0.15) is 0 Å². The van der Waals surface area contributed by atoms with Gasteiger partial charge in [0.1, 0.15) is 18.2 Å². The van der Waals surface area contributed by atoms with E-state index in [2.05, 4.69) is 6.58 Å². The molecule has 6 heteroatoms. The molecule has 1 nitrogen and oxygen atoms in total. The number of benzene rings is 3. The van der Waals surface area contributed by atoms with Crippen LogP contribution in [0.1, 0.15) is 23.6 Å². The molecule has 0 saturated heterocycles.